The molecule has 0 aromatic heterocycles. The van der Waals surface area contributed by atoms with Gasteiger partial charge in [0.1, 0.15) is 0 Å². The summed E-state index contributed by atoms with van der Waals surface area (Å²) < 4.78 is 0. The lowest BCUT2D eigenvalue weighted by atomic mass is 10.2. The Kier molecular flexibility index (Phi) is 6.56. The summed E-state index contributed by atoms with van der Waals surface area (Å²) in [4.78, 5) is 9.45. The summed E-state index contributed by atoms with van der Waals surface area (Å²) in [5.41, 5.74) is 1.34. The zero-order chi connectivity index (χ0) is 17.5. The summed E-state index contributed by atoms with van der Waals surface area (Å²) in [5, 5.41) is 7.08. The lowest BCUT2D eigenvalue weighted by molar-refractivity contribution is 0.197. The van der Waals surface area contributed by atoms with Crippen molar-refractivity contribution in [1.29, 1.82) is 0 Å². The zero-order valence-corrected chi connectivity index (χ0v) is 15.7. The molecule has 2 N–H and O–H groups in total. The van der Waals surface area contributed by atoms with Crippen LogP contribution in [0.4, 0.5) is 5.69 Å². The van der Waals surface area contributed by atoms with Crippen molar-refractivity contribution in [3.63, 3.8) is 0 Å². The number of para-hydroxylation sites is 1. The number of piperazine rings is 1. The number of benzene rings is 1. The van der Waals surface area contributed by atoms with Crippen molar-refractivity contribution >= 4 is 11.6 Å². The first-order valence-corrected chi connectivity index (χ1v) is 9.77. The Bertz CT molecular complexity index is 530. The van der Waals surface area contributed by atoms with Crippen LogP contribution in [0.5, 0.6) is 0 Å². The summed E-state index contributed by atoms with van der Waals surface area (Å²) in [6.45, 7) is 7.69. The minimum atomic E-state index is 0.514. The van der Waals surface area contributed by atoms with Crippen molar-refractivity contribution in [3.05, 3.63) is 30.3 Å². The molecule has 1 aromatic rings. The minimum absolute atomic E-state index is 0.514. The van der Waals surface area contributed by atoms with Crippen molar-refractivity contribution in [3.8, 4) is 0 Å². The number of rotatable bonds is 5. The van der Waals surface area contributed by atoms with Gasteiger partial charge in [-0.2, -0.15) is 0 Å². The van der Waals surface area contributed by atoms with Crippen LogP contribution < -0.4 is 15.5 Å². The second-order valence-electron chi connectivity index (χ2n) is 7.29. The summed E-state index contributed by atoms with van der Waals surface area (Å²) >= 11 is 0. The molecule has 25 heavy (non-hydrogen) atoms. The van der Waals surface area contributed by atoms with Gasteiger partial charge in [-0.1, -0.05) is 31.0 Å². The van der Waals surface area contributed by atoms with Gasteiger partial charge in [0.2, 0.25) is 0 Å². The Labute approximate surface area is 152 Å². The summed E-state index contributed by atoms with van der Waals surface area (Å²) in [6.07, 6.45) is 5.24. The van der Waals surface area contributed by atoms with Gasteiger partial charge in [0.25, 0.3) is 0 Å². The van der Waals surface area contributed by atoms with Gasteiger partial charge < -0.3 is 15.5 Å². The third-order valence-electron chi connectivity index (χ3n) is 5.54. The molecule has 2 aliphatic rings. The topological polar surface area (TPSA) is 42.9 Å². The predicted octanol–water partition coefficient (Wildman–Crippen LogP) is 2.30. The molecule has 2 fully saturated rings. The molecule has 1 atom stereocenters. The Balaban J connectivity index is 1.40. The molecule has 1 aromatic carbocycles. The first-order chi connectivity index (χ1) is 12.3. The maximum Gasteiger partial charge on any atom is 0.191 e. The van der Waals surface area contributed by atoms with Gasteiger partial charge >= 0.3 is 0 Å². The van der Waals surface area contributed by atoms with E-state index in [1.54, 1.807) is 0 Å². The van der Waals surface area contributed by atoms with Gasteiger partial charge in [-0.05, 0) is 31.9 Å². The molecule has 1 saturated carbocycles. The van der Waals surface area contributed by atoms with Crippen molar-refractivity contribution in [2.75, 3.05) is 44.7 Å². The quantitative estimate of drug-likeness (QED) is 0.636. The Morgan fingerprint density at radius 3 is 2.44 bits per heavy atom. The normalized spacial score (nSPS) is 21.4. The fraction of sp³-hybridized carbons (Fsp3) is 0.650. The molecular weight excluding hydrogens is 310 g/mol. The molecule has 5 heteroatoms. The zero-order valence-electron chi connectivity index (χ0n) is 15.7. The predicted molar refractivity (Wildman–Crippen MR) is 106 cm³/mol. The molecule has 1 heterocycles. The molecule has 0 amide bonds. The second kappa shape index (κ2) is 9.09. The molecule has 1 unspecified atom stereocenters. The summed E-state index contributed by atoms with van der Waals surface area (Å²) in [6, 6.07) is 11.9. The van der Waals surface area contributed by atoms with Crippen LogP contribution in [-0.4, -0.2) is 62.7 Å². The van der Waals surface area contributed by atoms with E-state index in [2.05, 4.69) is 62.7 Å². The van der Waals surface area contributed by atoms with Crippen LogP contribution in [0.2, 0.25) is 0 Å². The first kappa shape index (κ1) is 18.1. The smallest absolute Gasteiger partial charge is 0.191 e. The van der Waals surface area contributed by atoms with E-state index in [0.29, 0.717) is 12.1 Å². The maximum atomic E-state index is 4.39. The monoisotopic (exact) mass is 343 g/mol. The van der Waals surface area contributed by atoms with Crippen LogP contribution in [0.1, 0.15) is 32.6 Å². The average Bonchev–Trinajstić information content (AvgIpc) is 3.19. The van der Waals surface area contributed by atoms with E-state index < -0.39 is 0 Å². The highest BCUT2D eigenvalue weighted by Gasteiger charge is 2.22. The van der Waals surface area contributed by atoms with Crippen LogP contribution in [0.25, 0.3) is 0 Å². The van der Waals surface area contributed by atoms with Crippen molar-refractivity contribution in [2.45, 2.75) is 44.7 Å². The molecule has 0 radical (unpaired) electrons. The number of aliphatic imine (C=N–C) groups is 1. The summed E-state index contributed by atoms with van der Waals surface area (Å²) in [7, 11) is 1.87. The molecule has 1 saturated heterocycles. The van der Waals surface area contributed by atoms with Gasteiger partial charge in [-0.15, -0.1) is 0 Å². The number of nitrogens with one attached hydrogen (secondary N) is 2. The lowest BCUT2D eigenvalue weighted by Gasteiger charge is -2.39. The van der Waals surface area contributed by atoms with E-state index in [1.807, 2.05) is 7.05 Å². The SMILES string of the molecule is CN=C(NCC(C)N1CCN(c2ccccc2)CC1)NC1CCCC1. The third-order valence-corrected chi connectivity index (χ3v) is 5.54. The van der Waals surface area contributed by atoms with E-state index >= 15 is 0 Å². The second-order valence-corrected chi connectivity index (χ2v) is 7.29. The van der Waals surface area contributed by atoms with Crippen LogP contribution in [0, 0.1) is 0 Å². The van der Waals surface area contributed by atoms with E-state index in [9.17, 15) is 0 Å². The molecule has 0 bridgehead atoms. The van der Waals surface area contributed by atoms with Crippen molar-refractivity contribution < 1.29 is 0 Å². The van der Waals surface area contributed by atoms with E-state index in [1.165, 1.54) is 31.4 Å². The van der Waals surface area contributed by atoms with E-state index in [-0.39, 0.29) is 0 Å². The highest BCUT2D eigenvalue weighted by molar-refractivity contribution is 5.80. The third kappa shape index (κ3) is 5.11. The minimum Gasteiger partial charge on any atom is -0.369 e. The van der Waals surface area contributed by atoms with E-state index in [0.717, 1.165) is 38.7 Å². The average molecular weight is 344 g/mol. The molecule has 5 nitrogen and oxygen atoms in total. The summed E-state index contributed by atoms with van der Waals surface area (Å²) in [5.74, 6) is 0.960. The van der Waals surface area contributed by atoms with Crippen molar-refractivity contribution in [1.82, 2.24) is 15.5 Å². The number of anilines is 1. The first-order valence-electron chi connectivity index (χ1n) is 9.77. The molecule has 0 spiro atoms. The number of hydrogen-bond acceptors (Lipinski definition) is 3. The van der Waals surface area contributed by atoms with Gasteiger partial charge in [0.15, 0.2) is 5.96 Å². The number of guanidine groups is 1. The maximum absolute atomic E-state index is 4.39. The van der Waals surface area contributed by atoms with Gasteiger partial charge in [0.05, 0.1) is 0 Å². The molecule has 138 valence electrons. The van der Waals surface area contributed by atoms with Gasteiger partial charge in [0, 0.05) is 57.5 Å². The highest BCUT2D eigenvalue weighted by Crippen LogP contribution is 2.18. The van der Waals surface area contributed by atoms with Crippen LogP contribution in [0.15, 0.2) is 35.3 Å². The Morgan fingerprint density at radius 2 is 1.80 bits per heavy atom. The van der Waals surface area contributed by atoms with E-state index in [4.69, 9.17) is 0 Å². The Morgan fingerprint density at radius 1 is 1.12 bits per heavy atom. The molecule has 3 rings (SSSR count). The van der Waals surface area contributed by atoms with Crippen molar-refractivity contribution in [2.24, 2.45) is 4.99 Å². The van der Waals surface area contributed by atoms with Crippen LogP contribution >= 0.6 is 0 Å². The van der Waals surface area contributed by atoms with Crippen LogP contribution in [-0.2, 0) is 0 Å². The fourth-order valence-electron chi connectivity index (χ4n) is 3.89. The number of hydrogen-bond donors (Lipinski definition) is 2. The largest absolute Gasteiger partial charge is 0.369 e. The molecular formula is C20H33N5. The molecule has 1 aliphatic heterocycles. The molecule has 1 aliphatic carbocycles. The van der Waals surface area contributed by atoms with Crippen LogP contribution in [0.3, 0.4) is 0 Å². The Hall–Kier alpha value is -1.75. The lowest BCUT2D eigenvalue weighted by Crippen LogP contribution is -2.53. The number of nitrogens with zero attached hydrogens (tertiary/aromatic N) is 3. The highest BCUT2D eigenvalue weighted by atomic mass is 15.3. The van der Waals surface area contributed by atoms with Gasteiger partial charge in [-0.3, -0.25) is 9.89 Å². The fourth-order valence-corrected chi connectivity index (χ4v) is 3.89. The van der Waals surface area contributed by atoms with Gasteiger partial charge in [-0.25, -0.2) is 0 Å². The standard InChI is InChI=1S/C20H33N5/c1-17(16-22-20(21-2)23-18-8-6-7-9-18)24-12-14-25(15-13-24)19-10-4-3-5-11-19/h3-5,10-11,17-18H,6-9,12-16H2,1-2H3,(H2,21,22,23).